The monoisotopic (exact) mass is 449 g/mol. The maximum absolute atomic E-state index is 12.7. The summed E-state index contributed by atoms with van der Waals surface area (Å²) >= 11 is 0. The number of piperidine rings is 1. The van der Waals surface area contributed by atoms with Gasteiger partial charge in [-0.05, 0) is 74.1 Å². The second kappa shape index (κ2) is 10.1. The van der Waals surface area contributed by atoms with Gasteiger partial charge in [-0.25, -0.2) is 0 Å². The van der Waals surface area contributed by atoms with Gasteiger partial charge in [0.2, 0.25) is 17.7 Å². The van der Waals surface area contributed by atoms with Gasteiger partial charge in [-0.2, -0.15) is 0 Å². The van der Waals surface area contributed by atoms with Gasteiger partial charge in [0.05, 0.1) is 12.2 Å². The molecule has 7 nitrogen and oxygen atoms in total. The fourth-order valence-electron chi connectivity index (χ4n) is 4.42. The Bertz CT molecular complexity index is 1040. The molecule has 0 aliphatic carbocycles. The van der Waals surface area contributed by atoms with Crippen molar-refractivity contribution in [3.63, 3.8) is 0 Å². The summed E-state index contributed by atoms with van der Waals surface area (Å²) in [5.41, 5.74) is 3.17. The number of carbonyl (C=O) groups is 3. The molecule has 2 aliphatic rings. The Kier molecular flexibility index (Phi) is 6.96. The van der Waals surface area contributed by atoms with Crippen LogP contribution in [0.3, 0.4) is 0 Å². The molecule has 2 saturated heterocycles. The number of hydrogen-bond acceptors (Lipinski definition) is 4. The minimum atomic E-state index is -0.326. The Balaban J connectivity index is 1.21. The molecular formula is C26H31N3O4. The number of hydrogen-bond donors (Lipinski definition) is 1. The van der Waals surface area contributed by atoms with Crippen molar-refractivity contribution in [1.82, 2.24) is 10.2 Å². The number of furan rings is 1. The van der Waals surface area contributed by atoms with Crippen LogP contribution in [0.25, 0.3) is 6.08 Å². The van der Waals surface area contributed by atoms with E-state index in [0.717, 1.165) is 24.1 Å². The average Bonchev–Trinajstić information content (AvgIpc) is 3.48. The van der Waals surface area contributed by atoms with E-state index in [1.54, 1.807) is 35.4 Å². The molecule has 0 radical (unpaired) electrons. The molecule has 4 rings (SSSR count). The standard InChI is InChI=1S/C26H31N3O4/c1-18-5-6-22(14-19(18)2)29-17-21(15-25(29)31)26(32)27-16-20-9-11-28(12-10-20)24(30)8-7-23-4-3-13-33-23/h3-8,13-14,20-21H,9-12,15-17H2,1-2H3,(H,27,32)/b8-7+/t21-/m0/s1. The number of carbonyl (C=O) groups excluding carboxylic acids is 3. The quantitative estimate of drug-likeness (QED) is 0.686. The van der Waals surface area contributed by atoms with Gasteiger partial charge in [0, 0.05) is 44.4 Å². The molecule has 1 aromatic carbocycles. The van der Waals surface area contributed by atoms with Crippen LogP contribution in [0, 0.1) is 25.7 Å². The molecular weight excluding hydrogens is 418 g/mol. The molecule has 33 heavy (non-hydrogen) atoms. The van der Waals surface area contributed by atoms with Gasteiger partial charge in [0.1, 0.15) is 5.76 Å². The van der Waals surface area contributed by atoms with E-state index in [-0.39, 0.29) is 30.1 Å². The molecule has 0 saturated carbocycles. The molecule has 1 atom stereocenters. The van der Waals surface area contributed by atoms with Crippen LogP contribution in [-0.2, 0) is 14.4 Å². The topological polar surface area (TPSA) is 82.9 Å². The normalized spacial score (nSPS) is 19.5. The van der Waals surface area contributed by atoms with Crippen LogP contribution in [0.1, 0.15) is 36.1 Å². The number of rotatable bonds is 6. The summed E-state index contributed by atoms with van der Waals surface area (Å²) in [5, 5.41) is 3.05. The van der Waals surface area contributed by atoms with E-state index in [1.807, 2.05) is 36.9 Å². The molecule has 1 N–H and O–H groups in total. The molecule has 1 aromatic heterocycles. The van der Waals surface area contributed by atoms with E-state index in [0.29, 0.717) is 37.9 Å². The van der Waals surface area contributed by atoms with Crippen LogP contribution in [0.4, 0.5) is 5.69 Å². The molecule has 0 unspecified atom stereocenters. The van der Waals surface area contributed by atoms with Crippen molar-refractivity contribution < 1.29 is 18.8 Å². The van der Waals surface area contributed by atoms with Crippen LogP contribution in [0.5, 0.6) is 0 Å². The number of nitrogens with one attached hydrogen (secondary N) is 1. The van der Waals surface area contributed by atoms with E-state index in [2.05, 4.69) is 5.32 Å². The van der Waals surface area contributed by atoms with E-state index < -0.39 is 0 Å². The summed E-state index contributed by atoms with van der Waals surface area (Å²) in [5.74, 6) is 0.571. The number of anilines is 1. The Morgan fingerprint density at radius 2 is 1.94 bits per heavy atom. The minimum Gasteiger partial charge on any atom is -0.465 e. The van der Waals surface area contributed by atoms with E-state index >= 15 is 0 Å². The maximum Gasteiger partial charge on any atom is 0.246 e. The average molecular weight is 450 g/mol. The molecule has 0 bridgehead atoms. The van der Waals surface area contributed by atoms with Crippen molar-refractivity contribution in [3.05, 3.63) is 59.6 Å². The molecule has 2 aromatic rings. The number of benzene rings is 1. The zero-order valence-electron chi connectivity index (χ0n) is 19.3. The second-order valence-electron chi connectivity index (χ2n) is 9.04. The lowest BCUT2D eigenvalue weighted by Gasteiger charge is -2.31. The van der Waals surface area contributed by atoms with Crippen molar-refractivity contribution in [2.24, 2.45) is 11.8 Å². The van der Waals surface area contributed by atoms with E-state index in [9.17, 15) is 14.4 Å². The van der Waals surface area contributed by atoms with Gasteiger partial charge in [0.15, 0.2) is 0 Å². The maximum atomic E-state index is 12.7. The summed E-state index contributed by atoms with van der Waals surface area (Å²) < 4.78 is 5.21. The third-order valence-corrected chi connectivity index (χ3v) is 6.72. The first kappa shape index (κ1) is 22.8. The van der Waals surface area contributed by atoms with Crippen molar-refractivity contribution in [2.75, 3.05) is 31.1 Å². The van der Waals surface area contributed by atoms with Crippen molar-refractivity contribution in [3.8, 4) is 0 Å². The van der Waals surface area contributed by atoms with Gasteiger partial charge < -0.3 is 19.5 Å². The van der Waals surface area contributed by atoms with Gasteiger partial charge in [-0.15, -0.1) is 0 Å². The predicted octanol–water partition coefficient (Wildman–Crippen LogP) is 3.32. The lowest BCUT2D eigenvalue weighted by molar-refractivity contribution is -0.128. The molecule has 2 aliphatic heterocycles. The smallest absolute Gasteiger partial charge is 0.246 e. The molecule has 3 heterocycles. The largest absolute Gasteiger partial charge is 0.465 e. The first-order chi connectivity index (χ1) is 15.9. The highest BCUT2D eigenvalue weighted by Crippen LogP contribution is 2.27. The highest BCUT2D eigenvalue weighted by molar-refractivity contribution is 6.00. The van der Waals surface area contributed by atoms with E-state index in [1.165, 1.54) is 5.56 Å². The number of amides is 3. The van der Waals surface area contributed by atoms with Crippen LogP contribution in [-0.4, -0.2) is 48.8 Å². The lowest BCUT2D eigenvalue weighted by Crippen LogP contribution is -2.42. The van der Waals surface area contributed by atoms with Gasteiger partial charge in [-0.1, -0.05) is 6.07 Å². The van der Waals surface area contributed by atoms with Gasteiger partial charge in [0.25, 0.3) is 0 Å². The van der Waals surface area contributed by atoms with E-state index in [4.69, 9.17) is 4.42 Å². The number of aryl methyl sites for hydroxylation is 2. The highest BCUT2D eigenvalue weighted by atomic mass is 16.3. The third kappa shape index (κ3) is 5.53. The third-order valence-electron chi connectivity index (χ3n) is 6.72. The zero-order valence-corrected chi connectivity index (χ0v) is 19.3. The fourth-order valence-corrected chi connectivity index (χ4v) is 4.42. The van der Waals surface area contributed by atoms with Crippen molar-refractivity contribution >= 4 is 29.5 Å². The Morgan fingerprint density at radius 1 is 1.15 bits per heavy atom. The molecule has 2 fully saturated rings. The zero-order chi connectivity index (χ0) is 23.4. The minimum absolute atomic E-state index is 0.00664. The Morgan fingerprint density at radius 3 is 2.64 bits per heavy atom. The van der Waals surface area contributed by atoms with Crippen LogP contribution in [0.2, 0.25) is 0 Å². The lowest BCUT2D eigenvalue weighted by atomic mass is 9.96. The number of nitrogens with zero attached hydrogens (tertiary/aromatic N) is 2. The first-order valence-corrected chi connectivity index (χ1v) is 11.6. The SMILES string of the molecule is Cc1ccc(N2C[C@@H](C(=O)NCC3CCN(C(=O)/C=C/c4ccco4)CC3)CC2=O)cc1C. The number of likely N-dealkylation sites (tertiary alicyclic amines) is 1. The summed E-state index contributed by atoms with van der Waals surface area (Å²) in [6, 6.07) is 9.55. The van der Waals surface area contributed by atoms with Gasteiger partial charge in [-0.3, -0.25) is 14.4 Å². The highest BCUT2D eigenvalue weighted by Gasteiger charge is 2.35. The Labute approximate surface area is 194 Å². The molecule has 174 valence electrons. The fraction of sp³-hybridized carbons (Fsp3) is 0.423. The molecule has 3 amide bonds. The second-order valence-corrected chi connectivity index (χ2v) is 9.04. The Hall–Kier alpha value is -3.35. The summed E-state index contributed by atoms with van der Waals surface area (Å²) in [6.45, 7) is 6.41. The van der Waals surface area contributed by atoms with Crippen LogP contribution >= 0.6 is 0 Å². The summed E-state index contributed by atoms with van der Waals surface area (Å²) in [6.07, 6.45) is 6.73. The molecule has 0 spiro atoms. The summed E-state index contributed by atoms with van der Waals surface area (Å²) in [4.78, 5) is 41.1. The van der Waals surface area contributed by atoms with Crippen molar-refractivity contribution in [2.45, 2.75) is 33.1 Å². The molecule has 7 heteroatoms. The van der Waals surface area contributed by atoms with Crippen LogP contribution < -0.4 is 10.2 Å². The van der Waals surface area contributed by atoms with Gasteiger partial charge >= 0.3 is 0 Å². The predicted molar refractivity (Wildman–Crippen MR) is 126 cm³/mol. The van der Waals surface area contributed by atoms with Crippen LogP contribution in [0.15, 0.2) is 47.1 Å². The summed E-state index contributed by atoms with van der Waals surface area (Å²) in [7, 11) is 0. The van der Waals surface area contributed by atoms with Crippen molar-refractivity contribution in [1.29, 1.82) is 0 Å². The first-order valence-electron chi connectivity index (χ1n) is 11.6.